The smallest absolute Gasteiger partial charge is 0.250 e. The van der Waals surface area contributed by atoms with Crippen molar-refractivity contribution >= 4 is 40.9 Å². The number of amides is 2. The number of nitrogen functional groups attached to an aromatic ring is 1. The second-order valence-corrected chi connectivity index (χ2v) is 7.28. The van der Waals surface area contributed by atoms with E-state index in [1.165, 1.54) is 16.7 Å². The molecule has 0 saturated carbocycles. The maximum absolute atomic E-state index is 13.1. The lowest BCUT2D eigenvalue weighted by Crippen LogP contribution is -2.60. The third-order valence-electron chi connectivity index (χ3n) is 3.84. The molecule has 1 aromatic carbocycles. The van der Waals surface area contributed by atoms with Gasteiger partial charge >= 0.3 is 0 Å². The summed E-state index contributed by atoms with van der Waals surface area (Å²) >= 11 is 1.19. The first-order valence-corrected chi connectivity index (χ1v) is 8.28. The van der Waals surface area contributed by atoms with E-state index in [0.29, 0.717) is 16.5 Å². The number of H-pyrrole nitrogens is 1. The number of rotatable bonds is 3. The lowest BCUT2D eigenvalue weighted by atomic mass is 9.96. The Labute approximate surface area is 143 Å². The SMILES string of the molecule is C[C@@H](Sc1n[nH]c(N)n1)C(=O)N1c2ccccc2NC(=O)C1(C)C. The first kappa shape index (κ1) is 16.3. The Morgan fingerprint density at radius 1 is 1.38 bits per heavy atom. The first-order chi connectivity index (χ1) is 11.3. The number of nitrogens with one attached hydrogen (secondary N) is 2. The van der Waals surface area contributed by atoms with Gasteiger partial charge in [-0.2, -0.15) is 4.98 Å². The fourth-order valence-corrected chi connectivity index (χ4v) is 3.32. The number of anilines is 3. The predicted molar refractivity (Wildman–Crippen MR) is 92.8 cm³/mol. The summed E-state index contributed by atoms with van der Waals surface area (Å²) in [5.74, 6) is -0.232. The highest BCUT2D eigenvalue weighted by molar-refractivity contribution is 8.00. The van der Waals surface area contributed by atoms with Gasteiger partial charge < -0.3 is 11.1 Å². The van der Waals surface area contributed by atoms with E-state index in [9.17, 15) is 9.59 Å². The van der Waals surface area contributed by atoms with Crippen molar-refractivity contribution < 1.29 is 9.59 Å². The van der Waals surface area contributed by atoms with Crippen LogP contribution < -0.4 is 16.0 Å². The number of benzene rings is 1. The van der Waals surface area contributed by atoms with Crippen LogP contribution in [0.1, 0.15) is 20.8 Å². The average Bonchev–Trinajstić information content (AvgIpc) is 2.93. The Morgan fingerprint density at radius 3 is 2.75 bits per heavy atom. The van der Waals surface area contributed by atoms with Crippen LogP contribution in [0.5, 0.6) is 0 Å². The van der Waals surface area contributed by atoms with Gasteiger partial charge in [-0.15, -0.1) is 5.10 Å². The molecule has 8 nitrogen and oxygen atoms in total. The van der Waals surface area contributed by atoms with E-state index in [0.717, 1.165) is 0 Å². The molecular weight excluding hydrogens is 328 g/mol. The minimum atomic E-state index is -1.00. The molecule has 2 amide bonds. The van der Waals surface area contributed by atoms with Crippen LogP contribution in [0, 0.1) is 0 Å². The van der Waals surface area contributed by atoms with Crippen LogP contribution in [0.3, 0.4) is 0 Å². The Morgan fingerprint density at radius 2 is 2.08 bits per heavy atom. The summed E-state index contributed by atoms with van der Waals surface area (Å²) in [6.45, 7) is 5.20. The summed E-state index contributed by atoms with van der Waals surface area (Å²) in [7, 11) is 0. The molecule has 2 heterocycles. The molecule has 24 heavy (non-hydrogen) atoms. The lowest BCUT2D eigenvalue weighted by molar-refractivity contribution is -0.126. The highest BCUT2D eigenvalue weighted by Gasteiger charge is 2.44. The fourth-order valence-electron chi connectivity index (χ4n) is 2.55. The molecule has 1 aliphatic heterocycles. The summed E-state index contributed by atoms with van der Waals surface area (Å²) in [5, 5.41) is 9.21. The van der Waals surface area contributed by atoms with Crippen LogP contribution in [-0.2, 0) is 9.59 Å². The molecule has 0 saturated heterocycles. The van der Waals surface area contributed by atoms with Crippen molar-refractivity contribution in [3.63, 3.8) is 0 Å². The van der Waals surface area contributed by atoms with Gasteiger partial charge in [-0.25, -0.2) is 5.10 Å². The Bertz CT molecular complexity index is 803. The Hall–Kier alpha value is -2.55. The van der Waals surface area contributed by atoms with Crippen molar-refractivity contribution in [2.24, 2.45) is 0 Å². The number of aromatic amines is 1. The summed E-state index contributed by atoms with van der Waals surface area (Å²) in [6, 6.07) is 7.24. The van der Waals surface area contributed by atoms with E-state index in [1.807, 2.05) is 18.2 Å². The molecular formula is C15H18N6O2S. The topological polar surface area (TPSA) is 117 Å². The van der Waals surface area contributed by atoms with Gasteiger partial charge in [0.05, 0.1) is 16.6 Å². The quantitative estimate of drug-likeness (QED) is 0.727. The van der Waals surface area contributed by atoms with Gasteiger partial charge in [0, 0.05) is 0 Å². The summed E-state index contributed by atoms with van der Waals surface area (Å²) in [5.41, 5.74) is 5.80. The molecule has 0 bridgehead atoms. The second-order valence-electron chi connectivity index (χ2n) is 5.97. The van der Waals surface area contributed by atoms with Gasteiger partial charge in [-0.3, -0.25) is 14.5 Å². The summed E-state index contributed by atoms with van der Waals surface area (Å²) < 4.78 is 0. The molecule has 1 aliphatic rings. The van der Waals surface area contributed by atoms with Crippen molar-refractivity contribution in [1.29, 1.82) is 0 Å². The zero-order valence-corrected chi connectivity index (χ0v) is 14.3. The first-order valence-electron chi connectivity index (χ1n) is 7.40. The molecule has 0 spiro atoms. The molecule has 9 heteroatoms. The van der Waals surface area contributed by atoms with E-state index in [4.69, 9.17) is 5.73 Å². The normalized spacial score (nSPS) is 17.1. The molecule has 0 fully saturated rings. The largest absolute Gasteiger partial charge is 0.368 e. The number of hydrogen-bond donors (Lipinski definition) is 3. The number of carbonyl (C=O) groups is 2. The molecule has 0 unspecified atom stereocenters. The van der Waals surface area contributed by atoms with E-state index in [2.05, 4.69) is 20.5 Å². The maximum Gasteiger partial charge on any atom is 0.250 e. The van der Waals surface area contributed by atoms with Crippen molar-refractivity contribution in [2.45, 2.75) is 36.7 Å². The van der Waals surface area contributed by atoms with Crippen LogP contribution in [0.2, 0.25) is 0 Å². The van der Waals surface area contributed by atoms with Gasteiger partial charge in [0.25, 0.3) is 0 Å². The number of carbonyl (C=O) groups excluding carboxylic acids is 2. The van der Waals surface area contributed by atoms with E-state index >= 15 is 0 Å². The Kier molecular flexibility index (Phi) is 3.96. The van der Waals surface area contributed by atoms with Crippen LogP contribution in [-0.4, -0.2) is 37.8 Å². The highest BCUT2D eigenvalue weighted by Crippen LogP contribution is 2.38. The van der Waals surface area contributed by atoms with Gasteiger partial charge in [0.15, 0.2) is 0 Å². The molecule has 2 aromatic rings. The molecule has 126 valence electrons. The minimum absolute atomic E-state index is 0.195. The van der Waals surface area contributed by atoms with Crippen molar-refractivity contribution in [1.82, 2.24) is 15.2 Å². The van der Waals surface area contributed by atoms with Crippen molar-refractivity contribution in [3.8, 4) is 0 Å². The van der Waals surface area contributed by atoms with Gasteiger partial charge in [0.1, 0.15) is 5.54 Å². The van der Waals surface area contributed by atoms with Gasteiger partial charge in [-0.05, 0) is 32.9 Å². The van der Waals surface area contributed by atoms with Gasteiger partial charge in [-0.1, -0.05) is 23.9 Å². The number of para-hydroxylation sites is 2. The fraction of sp³-hybridized carbons (Fsp3) is 0.333. The zero-order valence-electron chi connectivity index (χ0n) is 13.5. The van der Waals surface area contributed by atoms with Crippen molar-refractivity contribution in [2.75, 3.05) is 16.0 Å². The van der Waals surface area contributed by atoms with Gasteiger partial charge in [0.2, 0.25) is 22.9 Å². The number of nitrogens with two attached hydrogens (primary N) is 1. The van der Waals surface area contributed by atoms with E-state index < -0.39 is 10.8 Å². The van der Waals surface area contributed by atoms with Crippen LogP contribution >= 0.6 is 11.8 Å². The minimum Gasteiger partial charge on any atom is -0.368 e. The average molecular weight is 346 g/mol. The number of fused-ring (bicyclic) bond motifs is 1. The monoisotopic (exact) mass is 346 g/mol. The standard InChI is InChI=1S/C15H18N6O2S/c1-8(24-14-18-13(16)19-20-14)11(22)21-10-7-5-4-6-9(10)17-12(23)15(21,2)3/h4-8H,1-3H3,(H,17,23)(H3,16,18,19,20)/t8-/m1/s1. The molecule has 1 atom stereocenters. The highest BCUT2D eigenvalue weighted by atomic mass is 32.2. The predicted octanol–water partition coefficient (Wildman–Crippen LogP) is 1.63. The third-order valence-corrected chi connectivity index (χ3v) is 4.79. The van der Waals surface area contributed by atoms with Crippen LogP contribution in [0.15, 0.2) is 29.4 Å². The number of hydrogen-bond acceptors (Lipinski definition) is 6. The van der Waals surface area contributed by atoms with Crippen molar-refractivity contribution in [3.05, 3.63) is 24.3 Å². The third kappa shape index (κ3) is 2.71. The number of thioether (sulfide) groups is 1. The maximum atomic E-state index is 13.1. The molecule has 4 N–H and O–H groups in total. The summed E-state index contributed by atoms with van der Waals surface area (Å²) in [4.78, 5) is 31.0. The number of aromatic nitrogens is 3. The summed E-state index contributed by atoms with van der Waals surface area (Å²) in [6.07, 6.45) is 0. The second kappa shape index (κ2) is 5.82. The van der Waals surface area contributed by atoms with E-state index in [-0.39, 0.29) is 17.8 Å². The lowest BCUT2D eigenvalue weighted by Gasteiger charge is -2.42. The molecule has 1 aromatic heterocycles. The van der Waals surface area contributed by atoms with E-state index in [1.54, 1.807) is 26.8 Å². The molecule has 0 aliphatic carbocycles. The number of nitrogens with zero attached hydrogens (tertiary/aromatic N) is 3. The molecule has 0 radical (unpaired) electrons. The zero-order chi connectivity index (χ0) is 17.5. The molecule has 3 rings (SSSR count). The van der Waals surface area contributed by atoms with Crippen LogP contribution in [0.4, 0.5) is 17.3 Å². The Balaban J connectivity index is 1.93. The van der Waals surface area contributed by atoms with Crippen LogP contribution in [0.25, 0.3) is 0 Å².